The van der Waals surface area contributed by atoms with Crippen molar-refractivity contribution in [1.29, 1.82) is 0 Å². The summed E-state index contributed by atoms with van der Waals surface area (Å²) < 4.78 is 52.3. The summed E-state index contributed by atoms with van der Waals surface area (Å²) in [6.07, 6.45) is 1.22. The van der Waals surface area contributed by atoms with E-state index in [1.54, 1.807) is 23.1 Å². The van der Waals surface area contributed by atoms with Crippen molar-refractivity contribution in [3.8, 4) is 11.5 Å². The van der Waals surface area contributed by atoms with E-state index in [0.717, 1.165) is 24.3 Å². The summed E-state index contributed by atoms with van der Waals surface area (Å²) >= 11 is 0. The van der Waals surface area contributed by atoms with Gasteiger partial charge in [0.25, 0.3) is 11.8 Å². The molecule has 3 aromatic rings. The Hall–Kier alpha value is -4.01. The van der Waals surface area contributed by atoms with E-state index in [1.165, 1.54) is 24.1 Å². The van der Waals surface area contributed by atoms with Crippen LogP contribution in [0.15, 0.2) is 54.6 Å². The number of amides is 2. The van der Waals surface area contributed by atoms with Crippen LogP contribution < -0.4 is 9.47 Å². The molecule has 37 heavy (non-hydrogen) atoms. The van der Waals surface area contributed by atoms with Crippen molar-refractivity contribution in [1.82, 2.24) is 9.80 Å². The van der Waals surface area contributed by atoms with Gasteiger partial charge in [0.05, 0.1) is 25.3 Å². The quantitative estimate of drug-likeness (QED) is 0.492. The first-order chi connectivity index (χ1) is 17.8. The number of benzene rings is 3. The highest BCUT2D eigenvalue weighted by molar-refractivity contribution is 5.98. The van der Waals surface area contributed by atoms with Crippen LogP contribution in [0.25, 0.3) is 0 Å². The van der Waals surface area contributed by atoms with Gasteiger partial charge in [0, 0.05) is 25.2 Å². The Morgan fingerprint density at radius 3 is 2.22 bits per heavy atom. The molecular weight excluding hydrogens is 485 g/mol. The maximum absolute atomic E-state index is 14.9. The van der Waals surface area contributed by atoms with Gasteiger partial charge in [0.1, 0.15) is 5.82 Å². The molecule has 0 bridgehead atoms. The van der Waals surface area contributed by atoms with Crippen molar-refractivity contribution in [2.24, 2.45) is 0 Å². The molecule has 1 spiro atoms. The topological polar surface area (TPSA) is 59.1 Å². The van der Waals surface area contributed by atoms with Crippen LogP contribution in [0.1, 0.15) is 38.3 Å². The molecule has 2 saturated heterocycles. The molecule has 0 unspecified atom stereocenters. The summed E-state index contributed by atoms with van der Waals surface area (Å²) in [5, 5.41) is 0. The minimum absolute atomic E-state index is 0.168. The molecule has 6 nitrogen and oxygen atoms in total. The highest BCUT2D eigenvalue weighted by atomic mass is 19.1. The summed E-state index contributed by atoms with van der Waals surface area (Å²) in [4.78, 5) is 29.4. The number of carbonyl (C=O) groups is 2. The van der Waals surface area contributed by atoms with E-state index in [1.807, 2.05) is 18.2 Å². The van der Waals surface area contributed by atoms with Crippen molar-refractivity contribution in [3.05, 3.63) is 94.3 Å². The summed E-state index contributed by atoms with van der Waals surface area (Å²) in [5.41, 5.74) is 1.38. The third-order valence-electron chi connectivity index (χ3n) is 7.16. The lowest BCUT2D eigenvalue weighted by Crippen LogP contribution is -2.78. The van der Waals surface area contributed by atoms with Crippen LogP contribution in [0.2, 0.25) is 0 Å². The van der Waals surface area contributed by atoms with Crippen LogP contribution in [-0.4, -0.2) is 61.0 Å². The van der Waals surface area contributed by atoms with Crippen LogP contribution in [0, 0.1) is 17.5 Å². The standard InChI is InChI=1S/C28H25F3N2O4/c1-36-22-14-21(23(30)25(37-2)24(22)31)27(35)33-11-10-28(33)15-32(16-28)26(34)19-8-6-17(7-9-19)12-18-4-3-5-20(29)13-18/h3-9,13-14H,10-12,15-16H2,1-2H3. The molecule has 2 aliphatic rings. The smallest absolute Gasteiger partial charge is 0.257 e. The Balaban J connectivity index is 1.25. The average molecular weight is 511 g/mol. The zero-order valence-electron chi connectivity index (χ0n) is 20.4. The number of nitrogens with zero attached hydrogens (tertiary/aromatic N) is 2. The second-order valence-electron chi connectivity index (χ2n) is 9.38. The van der Waals surface area contributed by atoms with Gasteiger partial charge in [-0.3, -0.25) is 9.59 Å². The van der Waals surface area contributed by atoms with Gasteiger partial charge < -0.3 is 19.3 Å². The fourth-order valence-corrected chi connectivity index (χ4v) is 5.04. The molecule has 0 atom stereocenters. The SMILES string of the molecule is COc1cc(C(=O)N2CCC23CN(C(=O)c2ccc(Cc4cccc(F)c4)cc2)C3)c(F)c(OC)c1F. The lowest BCUT2D eigenvalue weighted by molar-refractivity contribution is -0.0850. The van der Waals surface area contributed by atoms with E-state index < -0.39 is 28.8 Å². The minimum atomic E-state index is -1.08. The van der Waals surface area contributed by atoms with Gasteiger partial charge in [-0.15, -0.1) is 0 Å². The van der Waals surface area contributed by atoms with Gasteiger partial charge in [0.15, 0.2) is 17.3 Å². The molecular formula is C28H25F3N2O4. The molecule has 0 aliphatic carbocycles. The molecule has 0 N–H and O–H groups in total. The van der Waals surface area contributed by atoms with Crippen molar-refractivity contribution in [2.45, 2.75) is 18.4 Å². The van der Waals surface area contributed by atoms with Gasteiger partial charge >= 0.3 is 0 Å². The first-order valence-corrected chi connectivity index (χ1v) is 11.8. The Kier molecular flexibility index (Phi) is 6.31. The fraction of sp³-hybridized carbons (Fsp3) is 0.286. The second kappa shape index (κ2) is 9.46. The van der Waals surface area contributed by atoms with Gasteiger partial charge in [-0.2, -0.15) is 4.39 Å². The number of methoxy groups -OCH3 is 2. The second-order valence-corrected chi connectivity index (χ2v) is 9.38. The molecule has 192 valence electrons. The largest absolute Gasteiger partial charge is 0.494 e. The summed E-state index contributed by atoms with van der Waals surface area (Å²) in [5.74, 6) is -4.13. The van der Waals surface area contributed by atoms with Gasteiger partial charge in [0.2, 0.25) is 5.82 Å². The van der Waals surface area contributed by atoms with Crippen LogP contribution in [-0.2, 0) is 6.42 Å². The lowest BCUT2D eigenvalue weighted by Gasteiger charge is -2.62. The molecule has 2 aliphatic heterocycles. The Bertz CT molecular complexity index is 1370. The lowest BCUT2D eigenvalue weighted by atomic mass is 9.76. The normalized spacial score (nSPS) is 15.7. The first-order valence-electron chi connectivity index (χ1n) is 11.8. The van der Waals surface area contributed by atoms with Gasteiger partial charge in [-0.25, -0.2) is 8.78 Å². The Labute approximate surface area is 212 Å². The molecule has 0 aromatic heterocycles. The molecule has 2 amide bonds. The number of hydrogen-bond donors (Lipinski definition) is 0. The van der Waals surface area contributed by atoms with E-state index >= 15 is 0 Å². The van der Waals surface area contributed by atoms with Crippen molar-refractivity contribution < 1.29 is 32.2 Å². The summed E-state index contributed by atoms with van der Waals surface area (Å²) in [6.45, 7) is 1.04. The third kappa shape index (κ3) is 4.28. The van der Waals surface area contributed by atoms with Crippen LogP contribution in [0.3, 0.4) is 0 Å². The van der Waals surface area contributed by atoms with Crippen LogP contribution in [0.5, 0.6) is 11.5 Å². The number of carbonyl (C=O) groups excluding carboxylic acids is 2. The zero-order valence-corrected chi connectivity index (χ0v) is 20.4. The molecule has 2 heterocycles. The maximum atomic E-state index is 14.9. The number of halogens is 3. The molecule has 3 aromatic carbocycles. The van der Waals surface area contributed by atoms with Crippen LogP contribution >= 0.6 is 0 Å². The monoisotopic (exact) mass is 510 g/mol. The summed E-state index contributed by atoms with van der Waals surface area (Å²) in [6, 6.07) is 14.6. The summed E-state index contributed by atoms with van der Waals surface area (Å²) in [7, 11) is 2.34. The molecule has 0 saturated carbocycles. The highest BCUT2D eigenvalue weighted by Crippen LogP contribution is 2.42. The van der Waals surface area contributed by atoms with E-state index in [0.29, 0.717) is 38.0 Å². The zero-order chi connectivity index (χ0) is 26.3. The predicted molar refractivity (Wildman–Crippen MR) is 129 cm³/mol. The average Bonchev–Trinajstić information content (AvgIpc) is 2.83. The highest BCUT2D eigenvalue weighted by Gasteiger charge is 2.57. The van der Waals surface area contributed by atoms with E-state index in [2.05, 4.69) is 0 Å². The molecule has 2 fully saturated rings. The third-order valence-corrected chi connectivity index (χ3v) is 7.16. The van der Waals surface area contributed by atoms with E-state index in [-0.39, 0.29) is 23.0 Å². The predicted octanol–water partition coefficient (Wildman–Crippen LogP) is 4.45. The maximum Gasteiger partial charge on any atom is 0.257 e. The first kappa shape index (κ1) is 24.7. The van der Waals surface area contributed by atoms with Crippen molar-refractivity contribution in [3.63, 3.8) is 0 Å². The molecule has 0 radical (unpaired) electrons. The number of likely N-dealkylation sites (tertiary alicyclic amines) is 2. The number of ether oxygens (including phenoxy) is 2. The van der Waals surface area contributed by atoms with Crippen LogP contribution in [0.4, 0.5) is 13.2 Å². The Morgan fingerprint density at radius 2 is 1.62 bits per heavy atom. The molecule has 9 heteroatoms. The van der Waals surface area contributed by atoms with Crippen molar-refractivity contribution >= 4 is 11.8 Å². The number of rotatable bonds is 6. The fourth-order valence-electron chi connectivity index (χ4n) is 5.04. The van der Waals surface area contributed by atoms with Gasteiger partial charge in [-0.05, 0) is 54.3 Å². The van der Waals surface area contributed by atoms with Crippen molar-refractivity contribution in [2.75, 3.05) is 33.9 Å². The van der Waals surface area contributed by atoms with E-state index in [9.17, 15) is 22.8 Å². The molecule has 5 rings (SSSR count). The minimum Gasteiger partial charge on any atom is -0.494 e. The Morgan fingerprint density at radius 1 is 0.892 bits per heavy atom. The number of hydrogen-bond acceptors (Lipinski definition) is 4. The van der Waals surface area contributed by atoms with Gasteiger partial charge in [-0.1, -0.05) is 24.3 Å². The van der Waals surface area contributed by atoms with E-state index in [4.69, 9.17) is 9.47 Å².